The van der Waals surface area contributed by atoms with Gasteiger partial charge in [-0.15, -0.1) is 0 Å². The normalized spacial score (nSPS) is 14.5. The first-order valence-corrected chi connectivity index (χ1v) is 12.3. The predicted molar refractivity (Wildman–Crippen MR) is 139 cm³/mol. The summed E-state index contributed by atoms with van der Waals surface area (Å²) in [6, 6.07) is 20.8. The lowest BCUT2D eigenvalue weighted by atomic mass is 9.81. The van der Waals surface area contributed by atoms with Crippen molar-refractivity contribution in [3.8, 4) is 11.5 Å². The number of rotatable bonds is 9. The molecule has 0 aliphatic heterocycles. The molecule has 3 aromatic rings. The summed E-state index contributed by atoms with van der Waals surface area (Å²) in [4.78, 5) is 25.8. The number of ether oxygens (including phenoxy) is 2. The quantitative estimate of drug-likeness (QED) is 0.390. The molecule has 0 fully saturated rings. The Kier molecular flexibility index (Phi) is 8.03. The maximum absolute atomic E-state index is 13.1. The smallest absolute Gasteiger partial charge is 0.255 e. The topological polar surface area (TPSA) is 76.7 Å². The van der Waals surface area contributed by atoms with Crippen molar-refractivity contribution < 1.29 is 19.1 Å². The second kappa shape index (κ2) is 11.6. The van der Waals surface area contributed by atoms with Crippen LogP contribution in [-0.2, 0) is 11.2 Å². The number of benzene rings is 3. The molecule has 0 radical (unpaired) electrons. The van der Waals surface area contributed by atoms with Crippen molar-refractivity contribution in [2.45, 2.75) is 45.4 Å². The first-order chi connectivity index (χ1) is 17.1. The van der Waals surface area contributed by atoms with Gasteiger partial charge in [-0.25, -0.2) is 0 Å². The molecule has 182 valence electrons. The number of carbonyl (C=O) groups is 2. The summed E-state index contributed by atoms with van der Waals surface area (Å²) in [6.07, 6.45) is 3.55. The van der Waals surface area contributed by atoms with Crippen LogP contribution in [0.25, 0.3) is 0 Å². The van der Waals surface area contributed by atoms with E-state index >= 15 is 0 Å². The third-order valence-electron chi connectivity index (χ3n) is 6.17. The lowest BCUT2D eigenvalue weighted by molar-refractivity contribution is -0.116. The molecule has 1 unspecified atom stereocenters. The largest absolute Gasteiger partial charge is 0.492 e. The van der Waals surface area contributed by atoms with E-state index in [1.165, 1.54) is 11.1 Å². The Morgan fingerprint density at radius 3 is 2.17 bits per heavy atom. The molecule has 0 saturated heterocycles. The van der Waals surface area contributed by atoms with Crippen molar-refractivity contribution in [2.75, 3.05) is 23.8 Å². The van der Waals surface area contributed by atoms with Crippen LogP contribution in [0.3, 0.4) is 0 Å². The van der Waals surface area contributed by atoms with Crippen LogP contribution in [0.2, 0.25) is 0 Å². The van der Waals surface area contributed by atoms with Crippen LogP contribution in [0.15, 0.2) is 66.7 Å². The van der Waals surface area contributed by atoms with Crippen molar-refractivity contribution >= 4 is 23.2 Å². The lowest BCUT2D eigenvalue weighted by Crippen LogP contribution is -2.19. The summed E-state index contributed by atoms with van der Waals surface area (Å²) < 4.78 is 11.6. The zero-order chi connectivity index (χ0) is 24.6. The second-order valence-corrected chi connectivity index (χ2v) is 8.57. The Morgan fingerprint density at radius 2 is 1.49 bits per heavy atom. The Morgan fingerprint density at radius 1 is 0.857 bits per heavy atom. The van der Waals surface area contributed by atoms with Gasteiger partial charge < -0.3 is 20.1 Å². The third kappa shape index (κ3) is 6.01. The number of amides is 2. The van der Waals surface area contributed by atoms with Crippen molar-refractivity contribution in [1.29, 1.82) is 0 Å². The van der Waals surface area contributed by atoms with Crippen LogP contribution in [0.4, 0.5) is 11.4 Å². The minimum Gasteiger partial charge on any atom is -0.492 e. The van der Waals surface area contributed by atoms with E-state index in [1.807, 2.05) is 38.1 Å². The van der Waals surface area contributed by atoms with Crippen LogP contribution in [0.1, 0.15) is 60.5 Å². The molecule has 0 heterocycles. The number of aryl methyl sites for hydroxylation is 1. The molecule has 6 nitrogen and oxygen atoms in total. The first-order valence-electron chi connectivity index (χ1n) is 12.3. The van der Waals surface area contributed by atoms with Crippen LogP contribution in [0.5, 0.6) is 11.5 Å². The van der Waals surface area contributed by atoms with Gasteiger partial charge in [0.05, 0.1) is 24.6 Å². The standard InChI is InChI=1S/C29H32N2O4/c1-3-34-26-19-25(31-29(33)21-12-6-5-7-13-21)27(35-4-2)18-24(26)30-28(32)17-22-15-10-14-20-11-8-9-16-23(20)22/h5-9,11-13,16,18-19,22H,3-4,10,14-15,17H2,1-2H3,(H,30,32)(H,31,33). The minimum absolute atomic E-state index is 0.0730. The SMILES string of the molecule is CCOc1cc(NC(=O)c2ccccc2)c(OCC)cc1NC(=O)CC1CCCc2ccccc21. The highest BCUT2D eigenvalue weighted by Crippen LogP contribution is 2.38. The highest BCUT2D eigenvalue weighted by atomic mass is 16.5. The van der Waals surface area contributed by atoms with Crippen LogP contribution >= 0.6 is 0 Å². The van der Waals surface area contributed by atoms with E-state index in [2.05, 4.69) is 28.8 Å². The van der Waals surface area contributed by atoms with Crippen molar-refractivity contribution in [2.24, 2.45) is 0 Å². The highest BCUT2D eigenvalue weighted by molar-refractivity contribution is 6.05. The number of nitrogens with one attached hydrogen (secondary N) is 2. The zero-order valence-corrected chi connectivity index (χ0v) is 20.3. The van der Waals surface area contributed by atoms with Crippen LogP contribution in [-0.4, -0.2) is 25.0 Å². The van der Waals surface area contributed by atoms with Crippen molar-refractivity contribution in [1.82, 2.24) is 0 Å². The molecule has 1 aliphatic rings. The molecule has 2 amide bonds. The van der Waals surface area contributed by atoms with Gasteiger partial charge in [0.1, 0.15) is 11.5 Å². The van der Waals surface area contributed by atoms with Crippen molar-refractivity contribution in [3.05, 3.63) is 83.4 Å². The van der Waals surface area contributed by atoms with E-state index < -0.39 is 0 Å². The number of carbonyl (C=O) groups excluding carboxylic acids is 2. The van der Waals surface area contributed by atoms with Gasteiger partial charge in [0.25, 0.3) is 5.91 Å². The molecule has 4 rings (SSSR count). The predicted octanol–water partition coefficient (Wildman–Crippen LogP) is 6.19. The van der Waals surface area contributed by atoms with E-state index in [0.717, 1.165) is 19.3 Å². The molecule has 1 aliphatic carbocycles. The van der Waals surface area contributed by atoms with E-state index in [-0.39, 0.29) is 17.7 Å². The molecular weight excluding hydrogens is 440 g/mol. The van der Waals surface area contributed by atoms with Gasteiger partial charge in [-0.05, 0) is 62.3 Å². The second-order valence-electron chi connectivity index (χ2n) is 8.57. The fraction of sp³-hybridized carbons (Fsp3) is 0.310. The van der Waals surface area contributed by atoms with Gasteiger partial charge >= 0.3 is 0 Å². The van der Waals surface area contributed by atoms with Crippen molar-refractivity contribution in [3.63, 3.8) is 0 Å². The van der Waals surface area contributed by atoms with E-state index in [9.17, 15) is 9.59 Å². The fourth-order valence-corrected chi connectivity index (χ4v) is 4.58. The average molecular weight is 473 g/mol. The minimum atomic E-state index is -0.248. The van der Waals surface area contributed by atoms with Gasteiger partial charge in [-0.3, -0.25) is 9.59 Å². The van der Waals surface area contributed by atoms with E-state index in [4.69, 9.17) is 9.47 Å². The molecule has 0 saturated carbocycles. The lowest BCUT2D eigenvalue weighted by Gasteiger charge is -2.25. The van der Waals surface area contributed by atoms with Gasteiger partial charge in [0.15, 0.2) is 0 Å². The summed E-state index contributed by atoms with van der Waals surface area (Å²) >= 11 is 0. The zero-order valence-electron chi connectivity index (χ0n) is 20.3. The highest BCUT2D eigenvalue weighted by Gasteiger charge is 2.23. The Bertz CT molecular complexity index is 1180. The summed E-state index contributed by atoms with van der Waals surface area (Å²) in [5, 5.41) is 5.94. The summed E-state index contributed by atoms with van der Waals surface area (Å²) in [7, 11) is 0. The Hall–Kier alpha value is -3.80. The van der Waals surface area contributed by atoms with Crippen LogP contribution < -0.4 is 20.1 Å². The Balaban J connectivity index is 1.55. The molecule has 1 atom stereocenters. The molecule has 3 aromatic carbocycles. The third-order valence-corrected chi connectivity index (χ3v) is 6.17. The van der Waals surface area contributed by atoms with E-state index in [1.54, 1.807) is 24.3 Å². The van der Waals surface area contributed by atoms with Gasteiger partial charge in [-0.2, -0.15) is 0 Å². The first kappa shape index (κ1) is 24.3. The molecule has 0 aromatic heterocycles. The molecule has 2 N–H and O–H groups in total. The summed E-state index contributed by atoms with van der Waals surface area (Å²) in [5.41, 5.74) is 4.17. The molecule has 0 spiro atoms. The van der Waals surface area contributed by atoms with Gasteiger partial charge in [-0.1, -0.05) is 42.5 Å². The maximum atomic E-state index is 13.1. The number of anilines is 2. The average Bonchev–Trinajstić information content (AvgIpc) is 2.87. The summed E-state index contributed by atoms with van der Waals surface area (Å²) in [5.74, 6) is 0.833. The monoisotopic (exact) mass is 472 g/mol. The van der Waals surface area contributed by atoms with Gasteiger partial charge in [0.2, 0.25) is 5.91 Å². The number of hydrogen-bond donors (Lipinski definition) is 2. The number of hydrogen-bond acceptors (Lipinski definition) is 4. The molecule has 0 bridgehead atoms. The van der Waals surface area contributed by atoms with Crippen LogP contribution in [0, 0.1) is 0 Å². The fourth-order valence-electron chi connectivity index (χ4n) is 4.58. The maximum Gasteiger partial charge on any atom is 0.255 e. The molecular formula is C29H32N2O4. The van der Waals surface area contributed by atoms with E-state index in [0.29, 0.717) is 48.1 Å². The number of fused-ring (bicyclic) bond motifs is 1. The Labute approximate surface area is 206 Å². The summed E-state index contributed by atoms with van der Waals surface area (Å²) in [6.45, 7) is 4.58. The molecule has 35 heavy (non-hydrogen) atoms. The molecule has 6 heteroatoms. The van der Waals surface area contributed by atoms with Gasteiger partial charge in [0, 0.05) is 24.1 Å².